The molecule has 2 N–H and O–H groups in total. The molecule has 18 heavy (non-hydrogen) atoms. The van der Waals surface area contributed by atoms with Crippen LogP contribution in [0.15, 0.2) is 28.7 Å². The molecule has 1 saturated carbocycles. The Morgan fingerprint density at radius 3 is 2.83 bits per heavy atom. The summed E-state index contributed by atoms with van der Waals surface area (Å²) < 4.78 is 1.10. The smallest absolute Gasteiger partial charge is 0.221 e. The van der Waals surface area contributed by atoms with Gasteiger partial charge in [0.05, 0.1) is 0 Å². The lowest BCUT2D eigenvalue weighted by Crippen LogP contribution is -2.30. The van der Waals surface area contributed by atoms with Gasteiger partial charge in [-0.1, -0.05) is 34.1 Å². The molecule has 0 bridgehead atoms. The molecule has 1 aromatic rings. The van der Waals surface area contributed by atoms with Crippen molar-refractivity contribution in [2.75, 3.05) is 6.54 Å². The van der Waals surface area contributed by atoms with Gasteiger partial charge < -0.3 is 10.6 Å². The highest BCUT2D eigenvalue weighted by Gasteiger charge is 2.22. The number of hydrogen-bond acceptors (Lipinski definition) is 2. The van der Waals surface area contributed by atoms with Crippen LogP contribution in [0, 0.1) is 0 Å². The van der Waals surface area contributed by atoms with Gasteiger partial charge in [0.1, 0.15) is 0 Å². The maximum atomic E-state index is 11.5. The predicted octanol–water partition coefficient (Wildman–Crippen LogP) is 2.77. The largest absolute Gasteiger partial charge is 0.353 e. The number of rotatable bonds is 6. The number of nitrogens with one attached hydrogen (secondary N) is 2. The molecule has 1 fully saturated rings. The van der Waals surface area contributed by atoms with Crippen LogP contribution in [0.5, 0.6) is 0 Å². The van der Waals surface area contributed by atoms with E-state index in [9.17, 15) is 4.79 Å². The minimum Gasteiger partial charge on any atom is -0.353 e. The van der Waals surface area contributed by atoms with E-state index in [1.807, 2.05) is 18.2 Å². The van der Waals surface area contributed by atoms with Crippen molar-refractivity contribution in [2.24, 2.45) is 0 Å². The maximum Gasteiger partial charge on any atom is 0.221 e. The van der Waals surface area contributed by atoms with Gasteiger partial charge in [0.2, 0.25) is 5.91 Å². The highest BCUT2D eigenvalue weighted by molar-refractivity contribution is 9.10. The Morgan fingerprint density at radius 1 is 1.44 bits per heavy atom. The molecule has 0 saturated heterocycles. The summed E-state index contributed by atoms with van der Waals surface area (Å²) in [6.07, 6.45) is 2.84. The lowest BCUT2D eigenvalue weighted by atomic mass is 10.1. The van der Waals surface area contributed by atoms with Gasteiger partial charge in [-0.15, -0.1) is 0 Å². The molecule has 1 aliphatic carbocycles. The molecule has 0 radical (unpaired) electrons. The molecular formula is C14H19BrN2O. The Balaban J connectivity index is 1.72. The second kappa shape index (κ2) is 6.34. The standard InChI is InChI=1S/C14H19BrN2O/c1-10(12-4-2-3-5-13(12)15)16-9-8-14(18)17-11-6-7-11/h2-5,10-11,16H,6-9H2,1H3,(H,17,18)/t10-/m0/s1. The van der Waals surface area contributed by atoms with Crippen molar-refractivity contribution < 1.29 is 4.79 Å². The van der Waals surface area contributed by atoms with Gasteiger partial charge in [0.25, 0.3) is 0 Å². The Labute approximate surface area is 116 Å². The van der Waals surface area contributed by atoms with E-state index in [4.69, 9.17) is 0 Å². The fourth-order valence-corrected chi connectivity index (χ4v) is 2.49. The molecule has 0 aliphatic heterocycles. The van der Waals surface area contributed by atoms with Crippen molar-refractivity contribution in [3.05, 3.63) is 34.3 Å². The predicted molar refractivity (Wildman–Crippen MR) is 76.3 cm³/mol. The fraction of sp³-hybridized carbons (Fsp3) is 0.500. The number of carbonyl (C=O) groups excluding carboxylic acids is 1. The van der Waals surface area contributed by atoms with Gasteiger partial charge in [-0.3, -0.25) is 4.79 Å². The van der Waals surface area contributed by atoms with Crippen molar-refractivity contribution in [2.45, 2.75) is 38.3 Å². The Morgan fingerprint density at radius 2 is 2.17 bits per heavy atom. The molecule has 1 aliphatic rings. The van der Waals surface area contributed by atoms with Crippen LogP contribution in [-0.2, 0) is 4.79 Å². The summed E-state index contributed by atoms with van der Waals surface area (Å²) in [6.45, 7) is 2.82. The summed E-state index contributed by atoms with van der Waals surface area (Å²) in [5.41, 5.74) is 1.22. The zero-order chi connectivity index (χ0) is 13.0. The molecule has 0 heterocycles. The average Bonchev–Trinajstić information content (AvgIpc) is 3.13. The fourth-order valence-electron chi connectivity index (χ4n) is 1.87. The first-order valence-electron chi connectivity index (χ1n) is 6.44. The van der Waals surface area contributed by atoms with Gasteiger partial charge in [-0.25, -0.2) is 0 Å². The third-order valence-corrected chi connectivity index (χ3v) is 3.84. The second-order valence-electron chi connectivity index (χ2n) is 4.79. The summed E-state index contributed by atoms with van der Waals surface area (Å²) in [4.78, 5) is 11.5. The zero-order valence-electron chi connectivity index (χ0n) is 10.6. The average molecular weight is 311 g/mol. The Hall–Kier alpha value is -0.870. The molecule has 0 unspecified atom stereocenters. The zero-order valence-corrected chi connectivity index (χ0v) is 12.2. The minimum atomic E-state index is 0.157. The molecule has 1 atom stereocenters. The van der Waals surface area contributed by atoms with E-state index in [0.717, 1.165) is 17.3 Å². The van der Waals surface area contributed by atoms with Gasteiger partial charge in [0, 0.05) is 29.5 Å². The van der Waals surface area contributed by atoms with Gasteiger partial charge in [0.15, 0.2) is 0 Å². The van der Waals surface area contributed by atoms with Gasteiger partial charge in [-0.2, -0.15) is 0 Å². The summed E-state index contributed by atoms with van der Waals surface area (Å²) in [7, 11) is 0. The van der Waals surface area contributed by atoms with Crippen LogP contribution in [0.25, 0.3) is 0 Å². The number of amides is 1. The van der Waals surface area contributed by atoms with Crippen LogP contribution in [-0.4, -0.2) is 18.5 Å². The number of halogens is 1. The van der Waals surface area contributed by atoms with Gasteiger partial charge >= 0.3 is 0 Å². The third kappa shape index (κ3) is 4.10. The molecule has 98 valence electrons. The van der Waals surface area contributed by atoms with Crippen LogP contribution in [0.3, 0.4) is 0 Å². The summed E-state index contributed by atoms with van der Waals surface area (Å²) >= 11 is 3.54. The first-order valence-corrected chi connectivity index (χ1v) is 7.23. The highest BCUT2D eigenvalue weighted by Crippen LogP contribution is 2.22. The monoisotopic (exact) mass is 310 g/mol. The van der Waals surface area contributed by atoms with E-state index in [2.05, 4.69) is 39.6 Å². The van der Waals surface area contributed by atoms with E-state index >= 15 is 0 Å². The van der Waals surface area contributed by atoms with Crippen molar-refractivity contribution in [3.8, 4) is 0 Å². The molecule has 0 spiro atoms. The van der Waals surface area contributed by atoms with Gasteiger partial charge in [-0.05, 0) is 31.4 Å². The van der Waals surface area contributed by atoms with Crippen molar-refractivity contribution in [1.82, 2.24) is 10.6 Å². The summed E-state index contributed by atoms with van der Waals surface area (Å²) in [5.74, 6) is 0.157. The van der Waals surface area contributed by atoms with E-state index in [0.29, 0.717) is 19.0 Å². The van der Waals surface area contributed by atoms with Crippen LogP contribution in [0.1, 0.15) is 37.8 Å². The lowest BCUT2D eigenvalue weighted by Gasteiger charge is -2.15. The topological polar surface area (TPSA) is 41.1 Å². The first kappa shape index (κ1) is 13.6. The molecule has 3 nitrogen and oxygen atoms in total. The van der Waals surface area contributed by atoms with E-state index in [1.54, 1.807) is 0 Å². The SMILES string of the molecule is C[C@H](NCCC(=O)NC1CC1)c1ccccc1Br. The number of hydrogen-bond donors (Lipinski definition) is 2. The second-order valence-corrected chi connectivity index (χ2v) is 5.64. The number of carbonyl (C=O) groups is 1. The van der Waals surface area contributed by atoms with E-state index in [-0.39, 0.29) is 11.9 Å². The van der Waals surface area contributed by atoms with E-state index in [1.165, 1.54) is 5.56 Å². The summed E-state index contributed by atoms with van der Waals surface area (Å²) in [6, 6.07) is 8.85. The van der Waals surface area contributed by atoms with E-state index < -0.39 is 0 Å². The van der Waals surface area contributed by atoms with Crippen LogP contribution < -0.4 is 10.6 Å². The molecule has 0 aromatic heterocycles. The van der Waals surface area contributed by atoms with Crippen LogP contribution in [0.4, 0.5) is 0 Å². The van der Waals surface area contributed by atoms with Crippen molar-refractivity contribution in [1.29, 1.82) is 0 Å². The Bertz CT molecular complexity index is 418. The maximum absolute atomic E-state index is 11.5. The molecular weight excluding hydrogens is 292 g/mol. The molecule has 1 aromatic carbocycles. The quantitative estimate of drug-likeness (QED) is 0.848. The third-order valence-electron chi connectivity index (χ3n) is 3.12. The van der Waals surface area contributed by atoms with Crippen molar-refractivity contribution in [3.63, 3.8) is 0 Å². The number of benzene rings is 1. The highest BCUT2D eigenvalue weighted by atomic mass is 79.9. The molecule has 4 heteroatoms. The first-order chi connectivity index (χ1) is 8.66. The Kier molecular flexibility index (Phi) is 4.78. The van der Waals surface area contributed by atoms with Crippen LogP contribution in [0.2, 0.25) is 0 Å². The van der Waals surface area contributed by atoms with Crippen LogP contribution >= 0.6 is 15.9 Å². The minimum absolute atomic E-state index is 0.157. The lowest BCUT2D eigenvalue weighted by molar-refractivity contribution is -0.121. The molecule has 1 amide bonds. The normalized spacial score (nSPS) is 16.3. The summed E-state index contributed by atoms with van der Waals surface area (Å²) in [5, 5.41) is 6.36. The van der Waals surface area contributed by atoms with Crippen molar-refractivity contribution >= 4 is 21.8 Å². The molecule has 2 rings (SSSR count).